The number of carbonyl (C=O) groups excluding carboxylic acids is 2. The summed E-state index contributed by atoms with van der Waals surface area (Å²) in [5.74, 6) is -0.759. The highest BCUT2D eigenvalue weighted by Crippen LogP contribution is 2.12. The van der Waals surface area contributed by atoms with E-state index in [9.17, 15) is 18.0 Å². The van der Waals surface area contributed by atoms with E-state index in [1.165, 1.54) is 25.4 Å². The molecule has 2 N–H and O–H groups in total. The third-order valence-corrected chi connectivity index (χ3v) is 5.25. The van der Waals surface area contributed by atoms with E-state index in [2.05, 4.69) is 15.6 Å². The van der Waals surface area contributed by atoms with E-state index in [1.807, 2.05) is 0 Å². The number of rotatable bonds is 8. The monoisotopic (exact) mass is 376 g/mol. The number of anilines is 1. The first-order valence-corrected chi connectivity index (χ1v) is 9.31. The van der Waals surface area contributed by atoms with Crippen LogP contribution in [0.15, 0.2) is 59.8 Å². The molecule has 26 heavy (non-hydrogen) atoms. The van der Waals surface area contributed by atoms with Crippen LogP contribution in [0.25, 0.3) is 0 Å². The number of carbonyl (C=O) groups is 2. The number of nitrogens with zero attached hydrogens (tertiary/aromatic N) is 2. The summed E-state index contributed by atoms with van der Waals surface area (Å²) in [6.07, 6.45) is 3.17. The summed E-state index contributed by atoms with van der Waals surface area (Å²) < 4.78 is 25.6. The van der Waals surface area contributed by atoms with Crippen molar-refractivity contribution in [2.24, 2.45) is 0 Å². The summed E-state index contributed by atoms with van der Waals surface area (Å²) in [5, 5.41) is 5.18. The second-order valence-electron chi connectivity index (χ2n) is 5.46. The van der Waals surface area contributed by atoms with Gasteiger partial charge in [-0.2, -0.15) is 4.31 Å². The average Bonchev–Trinajstić information content (AvgIpc) is 2.63. The Morgan fingerprint density at radius 3 is 2.46 bits per heavy atom. The lowest BCUT2D eigenvalue weighted by Crippen LogP contribution is -2.39. The predicted molar refractivity (Wildman–Crippen MR) is 96.8 cm³/mol. The van der Waals surface area contributed by atoms with Crippen molar-refractivity contribution in [2.45, 2.75) is 11.3 Å². The van der Waals surface area contributed by atoms with E-state index in [0.717, 1.165) is 4.31 Å². The summed E-state index contributed by atoms with van der Waals surface area (Å²) in [7, 11) is -2.40. The first kappa shape index (κ1) is 19.5. The molecule has 0 saturated heterocycles. The van der Waals surface area contributed by atoms with Gasteiger partial charge in [0, 0.05) is 26.2 Å². The van der Waals surface area contributed by atoms with Gasteiger partial charge >= 0.3 is 0 Å². The Morgan fingerprint density at radius 2 is 1.81 bits per heavy atom. The van der Waals surface area contributed by atoms with Gasteiger partial charge in [0.1, 0.15) is 0 Å². The number of nitrogens with one attached hydrogen (secondary N) is 2. The highest BCUT2D eigenvalue weighted by atomic mass is 32.2. The van der Waals surface area contributed by atoms with Crippen LogP contribution in [0.4, 0.5) is 5.69 Å². The van der Waals surface area contributed by atoms with Gasteiger partial charge in [-0.05, 0) is 24.3 Å². The fourth-order valence-corrected chi connectivity index (χ4v) is 3.24. The molecule has 0 saturated carbocycles. The standard InChI is InChI=1S/C17H20N4O4S/c1-21(26(24,25)15-7-3-2-4-8-15)13-17(23)19-11-9-16(22)20-14-6-5-10-18-12-14/h2-8,10,12H,9,11,13H2,1H3,(H,19,23)(H,20,22). The Balaban J connectivity index is 1.77. The van der Waals surface area contributed by atoms with Crippen LogP contribution in [0.3, 0.4) is 0 Å². The molecule has 8 nitrogen and oxygen atoms in total. The van der Waals surface area contributed by atoms with Crippen LogP contribution in [0.2, 0.25) is 0 Å². The molecule has 1 aromatic carbocycles. The maximum Gasteiger partial charge on any atom is 0.243 e. The van der Waals surface area contributed by atoms with Crippen LogP contribution >= 0.6 is 0 Å². The van der Waals surface area contributed by atoms with Gasteiger partial charge in [0.25, 0.3) is 0 Å². The predicted octanol–water partition coefficient (Wildman–Crippen LogP) is 0.847. The van der Waals surface area contributed by atoms with Crippen molar-refractivity contribution >= 4 is 27.5 Å². The van der Waals surface area contributed by atoms with Crippen LogP contribution in [0.5, 0.6) is 0 Å². The van der Waals surface area contributed by atoms with E-state index >= 15 is 0 Å². The first-order valence-electron chi connectivity index (χ1n) is 7.87. The molecule has 0 fully saturated rings. The summed E-state index contributed by atoms with van der Waals surface area (Å²) in [4.78, 5) is 27.7. The second kappa shape index (κ2) is 9.07. The fourth-order valence-electron chi connectivity index (χ4n) is 2.09. The smallest absolute Gasteiger partial charge is 0.243 e. The highest BCUT2D eigenvalue weighted by Gasteiger charge is 2.22. The second-order valence-corrected chi connectivity index (χ2v) is 7.51. The van der Waals surface area contributed by atoms with Crippen LogP contribution in [0, 0.1) is 0 Å². The molecule has 1 aromatic heterocycles. The molecular weight excluding hydrogens is 356 g/mol. The van der Waals surface area contributed by atoms with Crippen molar-refractivity contribution in [3.05, 3.63) is 54.9 Å². The molecule has 1 heterocycles. The molecule has 0 bridgehead atoms. The Hall–Kier alpha value is -2.78. The van der Waals surface area contributed by atoms with Crippen LogP contribution in [0.1, 0.15) is 6.42 Å². The molecule has 0 aliphatic rings. The van der Waals surface area contributed by atoms with Crippen molar-refractivity contribution < 1.29 is 18.0 Å². The first-order chi connectivity index (χ1) is 12.4. The van der Waals surface area contributed by atoms with Crippen molar-refractivity contribution in [1.82, 2.24) is 14.6 Å². The molecule has 0 unspecified atom stereocenters. The molecule has 2 rings (SSSR count). The van der Waals surface area contributed by atoms with Crippen molar-refractivity contribution in [3.8, 4) is 0 Å². The number of pyridine rings is 1. The normalized spacial score (nSPS) is 11.2. The SMILES string of the molecule is CN(CC(=O)NCCC(=O)Nc1cccnc1)S(=O)(=O)c1ccccc1. The van der Waals surface area contributed by atoms with E-state index in [0.29, 0.717) is 5.69 Å². The van der Waals surface area contributed by atoms with Gasteiger partial charge in [0.15, 0.2) is 0 Å². The molecule has 0 atom stereocenters. The van der Waals surface area contributed by atoms with E-state index in [1.54, 1.807) is 36.5 Å². The van der Waals surface area contributed by atoms with Gasteiger partial charge in [-0.25, -0.2) is 8.42 Å². The molecule has 0 spiro atoms. The zero-order chi connectivity index (χ0) is 19.0. The largest absolute Gasteiger partial charge is 0.354 e. The molecule has 0 aliphatic heterocycles. The van der Waals surface area contributed by atoms with E-state index in [4.69, 9.17) is 0 Å². The number of amides is 2. The minimum atomic E-state index is -3.73. The van der Waals surface area contributed by atoms with Gasteiger partial charge in [-0.3, -0.25) is 14.6 Å². The average molecular weight is 376 g/mol. The van der Waals surface area contributed by atoms with Crippen molar-refractivity contribution in [2.75, 3.05) is 25.5 Å². The fraction of sp³-hybridized carbons (Fsp3) is 0.235. The van der Waals surface area contributed by atoms with Crippen molar-refractivity contribution in [1.29, 1.82) is 0 Å². The topological polar surface area (TPSA) is 108 Å². The van der Waals surface area contributed by atoms with Gasteiger partial charge in [0.05, 0.1) is 23.3 Å². The molecule has 0 radical (unpaired) electrons. The summed E-state index contributed by atoms with van der Waals surface area (Å²) >= 11 is 0. The molecule has 2 aromatic rings. The minimum Gasteiger partial charge on any atom is -0.354 e. The number of hydrogen-bond donors (Lipinski definition) is 2. The van der Waals surface area contributed by atoms with Gasteiger partial charge in [0.2, 0.25) is 21.8 Å². The Morgan fingerprint density at radius 1 is 1.08 bits per heavy atom. The number of benzene rings is 1. The highest BCUT2D eigenvalue weighted by molar-refractivity contribution is 7.89. The van der Waals surface area contributed by atoms with E-state index in [-0.39, 0.29) is 30.3 Å². The lowest BCUT2D eigenvalue weighted by atomic mass is 10.3. The van der Waals surface area contributed by atoms with Crippen LogP contribution < -0.4 is 10.6 Å². The number of aromatic nitrogens is 1. The maximum absolute atomic E-state index is 12.3. The summed E-state index contributed by atoms with van der Waals surface area (Å²) in [6.45, 7) is -0.231. The maximum atomic E-state index is 12.3. The van der Waals surface area contributed by atoms with Gasteiger partial charge in [-0.1, -0.05) is 18.2 Å². The molecule has 2 amide bonds. The minimum absolute atomic E-state index is 0.0653. The molecule has 138 valence electrons. The van der Waals surface area contributed by atoms with Crippen molar-refractivity contribution in [3.63, 3.8) is 0 Å². The van der Waals surface area contributed by atoms with E-state index < -0.39 is 15.9 Å². The quantitative estimate of drug-likeness (QED) is 0.710. The Kier molecular flexibility index (Phi) is 6.81. The third kappa shape index (κ3) is 5.64. The summed E-state index contributed by atoms with van der Waals surface area (Å²) in [6, 6.07) is 11.3. The number of hydrogen-bond acceptors (Lipinski definition) is 5. The molecular formula is C17H20N4O4S. The van der Waals surface area contributed by atoms with Crippen LogP contribution in [-0.2, 0) is 19.6 Å². The van der Waals surface area contributed by atoms with Gasteiger partial charge < -0.3 is 10.6 Å². The summed E-state index contributed by atoms with van der Waals surface area (Å²) in [5.41, 5.74) is 0.567. The number of sulfonamides is 1. The Bertz CT molecular complexity index is 842. The zero-order valence-corrected chi connectivity index (χ0v) is 15.1. The lowest BCUT2D eigenvalue weighted by molar-refractivity contribution is -0.121. The molecule has 0 aliphatic carbocycles. The Labute approximate surface area is 152 Å². The van der Waals surface area contributed by atoms with Crippen LogP contribution in [-0.4, -0.2) is 49.7 Å². The van der Waals surface area contributed by atoms with Gasteiger partial charge in [-0.15, -0.1) is 0 Å². The zero-order valence-electron chi connectivity index (χ0n) is 14.3. The molecule has 9 heteroatoms. The lowest BCUT2D eigenvalue weighted by Gasteiger charge is -2.16. The third-order valence-electron chi connectivity index (χ3n) is 3.44. The number of likely N-dealkylation sites (N-methyl/N-ethyl adjacent to an activating group) is 1.